The van der Waals surface area contributed by atoms with Crippen molar-refractivity contribution in [1.29, 1.82) is 0 Å². The molecule has 0 aromatic heterocycles. The van der Waals surface area contributed by atoms with E-state index in [0.717, 1.165) is 47.9 Å². The first-order valence-corrected chi connectivity index (χ1v) is 12.7. The van der Waals surface area contributed by atoms with Gasteiger partial charge < -0.3 is 25.4 Å². The van der Waals surface area contributed by atoms with Gasteiger partial charge in [0.05, 0.1) is 18.8 Å². The zero-order valence-electron chi connectivity index (χ0n) is 20.5. The van der Waals surface area contributed by atoms with E-state index in [1.54, 1.807) is 6.07 Å². The Labute approximate surface area is 212 Å². The summed E-state index contributed by atoms with van der Waals surface area (Å²) in [5, 5.41) is 33.1. The van der Waals surface area contributed by atoms with Crippen molar-refractivity contribution < 1.29 is 24.9 Å². The average molecular weight is 490 g/mol. The van der Waals surface area contributed by atoms with Crippen LogP contribution in [0.15, 0.2) is 72.8 Å². The van der Waals surface area contributed by atoms with Gasteiger partial charge in [0.15, 0.2) is 0 Å². The van der Waals surface area contributed by atoms with Gasteiger partial charge in [-0.3, -0.25) is 0 Å². The first kappa shape index (κ1) is 25.9. The largest absolute Gasteiger partial charge is 0.490 e. The monoisotopic (exact) mass is 489 g/mol. The number of aliphatic hydroxyl groups excluding tert-OH is 2. The topological polar surface area (TPSA) is 99.0 Å². The number of carboxylic acid groups (broad SMARTS) is 1. The summed E-state index contributed by atoms with van der Waals surface area (Å²) in [5.74, 6) is -0.555. The van der Waals surface area contributed by atoms with Gasteiger partial charge in [0.2, 0.25) is 0 Å². The van der Waals surface area contributed by atoms with Gasteiger partial charge in [-0.05, 0) is 66.5 Å². The number of rotatable bonds is 11. The highest BCUT2D eigenvalue weighted by atomic mass is 16.5. The fourth-order valence-corrected chi connectivity index (χ4v) is 4.73. The van der Waals surface area contributed by atoms with Gasteiger partial charge in [0.25, 0.3) is 0 Å². The number of carbonyl (C=O) groups is 1. The van der Waals surface area contributed by atoms with E-state index < -0.39 is 12.1 Å². The molecule has 0 unspecified atom stereocenters. The number of aliphatic hydroxyl groups is 2. The van der Waals surface area contributed by atoms with Crippen LogP contribution in [0.1, 0.15) is 59.7 Å². The van der Waals surface area contributed by atoms with Crippen LogP contribution in [0.4, 0.5) is 0 Å². The Morgan fingerprint density at radius 2 is 1.64 bits per heavy atom. The number of benzene rings is 3. The number of aromatic carboxylic acids is 1. The lowest BCUT2D eigenvalue weighted by Crippen LogP contribution is -2.37. The van der Waals surface area contributed by atoms with Crippen LogP contribution in [-0.2, 0) is 6.42 Å². The maximum atomic E-state index is 11.7. The molecule has 0 saturated heterocycles. The van der Waals surface area contributed by atoms with Crippen LogP contribution in [0.3, 0.4) is 0 Å². The first-order chi connectivity index (χ1) is 17.5. The number of hydrogen-bond donors (Lipinski definition) is 4. The van der Waals surface area contributed by atoms with E-state index in [4.69, 9.17) is 4.74 Å². The second kappa shape index (κ2) is 12.7. The van der Waals surface area contributed by atoms with Crippen LogP contribution in [0.5, 0.6) is 5.75 Å². The van der Waals surface area contributed by atoms with Crippen LogP contribution >= 0.6 is 0 Å². The van der Waals surface area contributed by atoms with Crippen LogP contribution < -0.4 is 10.1 Å². The minimum atomic E-state index is -0.984. The molecule has 4 N–H and O–H groups in total. The zero-order chi connectivity index (χ0) is 25.3. The van der Waals surface area contributed by atoms with Crippen molar-refractivity contribution in [3.63, 3.8) is 0 Å². The maximum absolute atomic E-state index is 11.7. The summed E-state index contributed by atoms with van der Waals surface area (Å²) in [6, 6.07) is 22.6. The molecule has 3 aromatic rings. The fraction of sp³-hybridized carbons (Fsp3) is 0.367. The molecule has 1 aliphatic carbocycles. The maximum Gasteiger partial charge on any atom is 0.339 e. The minimum absolute atomic E-state index is 0.0399. The molecule has 1 aliphatic rings. The fourth-order valence-electron chi connectivity index (χ4n) is 4.73. The van der Waals surface area contributed by atoms with Gasteiger partial charge in [-0.1, -0.05) is 67.1 Å². The molecule has 6 nitrogen and oxygen atoms in total. The Bertz CT molecular complexity index is 1110. The number of hydrogen-bond acceptors (Lipinski definition) is 5. The molecule has 0 heterocycles. The molecule has 3 aromatic carbocycles. The number of nitrogens with one attached hydrogen (secondary N) is 1. The van der Waals surface area contributed by atoms with E-state index in [0.29, 0.717) is 18.7 Å². The van der Waals surface area contributed by atoms with Crippen LogP contribution in [0.2, 0.25) is 0 Å². The van der Waals surface area contributed by atoms with Gasteiger partial charge in [0, 0.05) is 12.6 Å². The summed E-state index contributed by atoms with van der Waals surface area (Å²) < 4.78 is 6.14. The lowest BCUT2D eigenvalue weighted by Gasteiger charge is -2.24. The zero-order valence-corrected chi connectivity index (χ0v) is 20.5. The average Bonchev–Trinajstić information content (AvgIpc) is 2.92. The van der Waals surface area contributed by atoms with Crippen molar-refractivity contribution in [1.82, 2.24) is 5.32 Å². The van der Waals surface area contributed by atoms with Crippen molar-refractivity contribution >= 4 is 5.97 Å². The minimum Gasteiger partial charge on any atom is -0.490 e. The van der Waals surface area contributed by atoms with Crippen LogP contribution in [0.25, 0.3) is 11.1 Å². The van der Waals surface area contributed by atoms with Crippen LogP contribution in [0, 0.1) is 0 Å². The SMILES string of the molecule is O=C(O)c1ccc(-c2ccc(C[C@@H](CO)NC[C@@H](O)c3ccccc3)cc2)cc1OC1CCCCC1. The molecule has 0 amide bonds. The summed E-state index contributed by atoms with van der Waals surface area (Å²) in [7, 11) is 0. The third-order valence-electron chi connectivity index (χ3n) is 6.83. The first-order valence-electron chi connectivity index (χ1n) is 12.7. The predicted octanol–water partition coefficient (Wildman–Crippen LogP) is 4.99. The van der Waals surface area contributed by atoms with E-state index in [9.17, 15) is 20.1 Å². The molecule has 4 rings (SSSR count). The lowest BCUT2D eigenvalue weighted by molar-refractivity contribution is 0.0686. The van der Waals surface area contributed by atoms with Gasteiger partial charge in [-0.2, -0.15) is 0 Å². The van der Waals surface area contributed by atoms with Gasteiger partial charge in [0.1, 0.15) is 11.3 Å². The number of carboxylic acids is 1. The highest BCUT2D eigenvalue weighted by molar-refractivity contribution is 5.92. The molecule has 0 spiro atoms. The van der Waals surface area contributed by atoms with Crippen LogP contribution in [-0.4, -0.2) is 46.6 Å². The number of ether oxygens (including phenoxy) is 1. The Hall–Kier alpha value is -3.19. The molecular formula is C30H35NO5. The predicted molar refractivity (Wildman–Crippen MR) is 140 cm³/mol. The quantitative estimate of drug-likeness (QED) is 0.303. The van der Waals surface area contributed by atoms with Crippen molar-refractivity contribution in [2.45, 2.75) is 56.8 Å². The molecule has 6 heteroatoms. The van der Waals surface area contributed by atoms with E-state index in [1.165, 1.54) is 6.42 Å². The molecule has 36 heavy (non-hydrogen) atoms. The molecule has 2 atom stereocenters. The standard InChI is InChI=1S/C30H35NO5/c32-20-25(31-19-28(33)23-7-3-1-4-8-23)17-21-11-13-22(14-12-21)24-15-16-27(30(34)35)29(18-24)36-26-9-5-2-6-10-26/h1,3-4,7-8,11-16,18,25-26,28,31-33H,2,5-6,9-10,17,19-20H2,(H,34,35)/t25-,28+/m0/s1. The Kier molecular flexibility index (Phi) is 9.11. The Morgan fingerprint density at radius 1 is 0.944 bits per heavy atom. The van der Waals surface area contributed by atoms with Gasteiger partial charge in [-0.25, -0.2) is 4.79 Å². The molecule has 0 radical (unpaired) electrons. The Morgan fingerprint density at radius 3 is 2.31 bits per heavy atom. The molecule has 190 valence electrons. The second-order valence-electron chi connectivity index (χ2n) is 9.51. The second-order valence-corrected chi connectivity index (χ2v) is 9.51. The lowest BCUT2D eigenvalue weighted by atomic mass is 9.97. The normalized spacial score (nSPS) is 15.8. The third-order valence-corrected chi connectivity index (χ3v) is 6.83. The van der Waals surface area contributed by atoms with Crippen molar-refractivity contribution in [2.24, 2.45) is 0 Å². The van der Waals surface area contributed by atoms with E-state index in [-0.39, 0.29) is 24.3 Å². The molecular weight excluding hydrogens is 454 g/mol. The summed E-state index contributed by atoms with van der Waals surface area (Å²) in [6.45, 7) is 0.314. The summed E-state index contributed by atoms with van der Waals surface area (Å²) >= 11 is 0. The molecule has 1 fully saturated rings. The van der Waals surface area contributed by atoms with Crippen molar-refractivity contribution in [3.05, 3.63) is 89.5 Å². The highest BCUT2D eigenvalue weighted by Crippen LogP contribution is 2.31. The van der Waals surface area contributed by atoms with Crippen molar-refractivity contribution in [3.8, 4) is 16.9 Å². The van der Waals surface area contributed by atoms with E-state index in [2.05, 4.69) is 5.32 Å². The van der Waals surface area contributed by atoms with E-state index >= 15 is 0 Å². The molecule has 0 aliphatic heterocycles. The molecule has 1 saturated carbocycles. The van der Waals surface area contributed by atoms with Gasteiger partial charge in [-0.15, -0.1) is 0 Å². The Balaban J connectivity index is 1.40. The highest BCUT2D eigenvalue weighted by Gasteiger charge is 2.20. The summed E-state index contributed by atoms with van der Waals surface area (Å²) in [5.41, 5.74) is 3.96. The smallest absolute Gasteiger partial charge is 0.339 e. The third kappa shape index (κ3) is 6.94. The summed E-state index contributed by atoms with van der Waals surface area (Å²) in [4.78, 5) is 11.7. The molecule has 0 bridgehead atoms. The summed E-state index contributed by atoms with van der Waals surface area (Å²) in [6.07, 6.45) is 5.40. The van der Waals surface area contributed by atoms with Crippen molar-refractivity contribution in [2.75, 3.05) is 13.2 Å². The van der Waals surface area contributed by atoms with Gasteiger partial charge >= 0.3 is 5.97 Å². The van der Waals surface area contributed by atoms with E-state index in [1.807, 2.05) is 66.7 Å².